The molecule has 0 heterocycles. The molecule has 0 aliphatic heterocycles. The second kappa shape index (κ2) is 12.8. The molecule has 0 nitrogen and oxygen atoms in total. The van der Waals surface area contributed by atoms with Crippen LogP contribution in [0.15, 0.2) is 41.3 Å². The van der Waals surface area contributed by atoms with Crippen LogP contribution in [0, 0.1) is 58.2 Å². The molecule has 0 bridgehead atoms. The minimum Gasteiger partial charge on any atom is -0.143 e. The van der Waals surface area contributed by atoms with Gasteiger partial charge in [0.15, 0.2) is 0 Å². The van der Waals surface area contributed by atoms with Gasteiger partial charge in [-0.3, -0.25) is 0 Å². The Morgan fingerprint density at radius 1 is 0.976 bits per heavy atom. The predicted molar refractivity (Wildman–Crippen MR) is 187 cm³/mol. The fourth-order valence-electron chi connectivity index (χ4n) is 11.3. The Labute approximate surface area is 266 Å². The van der Waals surface area contributed by atoms with Crippen LogP contribution in [-0.4, -0.2) is 0 Å². The Morgan fingerprint density at radius 3 is 2.43 bits per heavy atom. The lowest BCUT2D eigenvalue weighted by molar-refractivity contribution is -0.0528. The molecule has 0 spiro atoms. The Morgan fingerprint density at radius 2 is 1.74 bits per heavy atom. The van der Waals surface area contributed by atoms with Crippen molar-refractivity contribution >= 4 is 18.2 Å². The molecule has 4 aliphatic carbocycles. The maximum absolute atomic E-state index is 4.71. The van der Waals surface area contributed by atoms with Crippen LogP contribution in [0.2, 0.25) is 0 Å². The minimum atomic E-state index is 0.440. The first kappa shape index (κ1) is 32.4. The lowest BCUT2D eigenvalue weighted by Gasteiger charge is -2.58. The predicted octanol–water partition coefficient (Wildman–Crippen LogP) is 12.8. The zero-order chi connectivity index (χ0) is 30.4. The summed E-state index contributed by atoms with van der Waals surface area (Å²) in [6.45, 7) is 24.5. The zero-order valence-corrected chi connectivity index (χ0v) is 29.5. The van der Waals surface area contributed by atoms with Crippen molar-refractivity contribution in [2.75, 3.05) is 0 Å². The highest BCUT2D eigenvalue weighted by molar-refractivity contribution is 7.80. The van der Waals surface area contributed by atoms with Crippen LogP contribution in [0.5, 0.6) is 0 Å². The largest absolute Gasteiger partial charge is 0.143 e. The van der Waals surface area contributed by atoms with Gasteiger partial charge >= 0.3 is 0 Å². The Hall–Kier alpha value is -0.950. The molecule has 5 rings (SSSR count). The van der Waals surface area contributed by atoms with Crippen LogP contribution < -0.4 is 0 Å². The lowest BCUT2D eigenvalue weighted by atomic mass is 9.46. The molecule has 9 unspecified atom stereocenters. The standard InChI is InChI=1S/C41H64S/c1-10-31(26(2)3)12-11-28(6)36-16-17-37-34-15-14-33-24-30(19-21-40(33,8)38(34)20-22-41(36,37)9)23-29(7)32-13-18-39(42)35(25-32)27(4)5/h13-14,18,25-28,30-31,34,36-38,42H,7,10-12,15-17,19-24H2,1-6,8-9H3. The van der Waals surface area contributed by atoms with E-state index in [-0.39, 0.29) is 0 Å². The number of fused-ring (bicyclic) bond motifs is 5. The van der Waals surface area contributed by atoms with E-state index in [0.717, 1.165) is 58.7 Å². The van der Waals surface area contributed by atoms with Crippen molar-refractivity contribution in [2.45, 2.75) is 143 Å². The molecule has 42 heavy (non-hydrogen) atoms. The first-order chi connectivity index (χ1) is 19.9. The quantitative estimate of drug-likeness (QED) is 0.204. The third kappa shape index (κ3) is 6.00. The van der Waals surface area contributed by atoms with Gasteiger partial charge in [-0.25, -0.2) is 0 Å². The molecule has 0 radical (unpaired) electrons. The van der Waals surface area contributed by atoms with Crippen molar-refractivity contribution in [2.24, 2.45) is 58.2 Å². The Bertz CT molecular complexity index is 1140. The van der Waals surface area contributed by atoms with E-state index in [9.17, 15) is 0 Å². The number of hydrogen-bond donors (Lipinski definition) is 1. The number of hydrogen-bond acceptors (Lipinski definition) is 1. The summed E-state index contributed by atoms with van der Waals surface area (Å²) in [5.41, 5.74) is 6.85. The average molecular weight is 589 g/mol. The molecule has 3 saturated carbocycles. The molecule has 4 aliphatic rings. The molecular weight excluding hydrogens is 525 g/mol. The van der Waals surface area contributed by atoms with Crippen LogP contribution in [0.1, 0.15) is 149 Å². The van der Waals surface area contributed by atoms with Gasteiger partial charge in [-0.1, -0.05) is 98.6 Å². The monoisotopic (exact) mass is 588 g/mol. The highest BCUT2D eigenvalue weighted by Gasteiger charge is 2.59. The first-order valence-corrected chi connectivity index (χ1v) is 18.5. The minimum absolute atomic E-state index is 0.440. The van der Waals surface area contributed by atoms with Gasteiger partial charge in [-0.2, -0.15) is 0 Å². The summed E-state index contributed by atoms with van der Waals surface area (Å²) in [5, 5.41) is 0. The summed E-state index contributed by atoms with van der Waals surface area (Å²) in [7, 11) is 0. The van der Waals surface area contributed by atoms with Crippen LogP contribution in [0.3, 0.4) is 0 Å². The molecule has 0 aromatic heterocycles. The normalized spacial score (nSPS) is 35.8. The molecule has 0 amide bonds. The third-order valence-corrected chi connectivity index (χ3v) is 14.4. The van der Waals surface area contributed by atoms with Crippen molar-refractivity contribution < 1.29 is 0 Å². The van der Waals surface area contributed by atoms with Crippen molar-refractivity contribution in [3.8, 4) is 0 Å². The van der Waals surface area contributed by atoms with Crippen LogP contribution >= 0.6 is 12.6 Å². The molecule has 0 saturated heterocycles. The maximum Gasteiger partial charge on any atom is 0.00750 e. The summed E-state index contributed by atoms with van der Waals surface area (Å²) >= 11 is 4.71. The Kier molecular flexibility index (Phi) is 9.89. The van der Waals surface area contributed by atoms with Gasteiger partial charge in [0.05, 0.1) is 0 Å². The van der Waals surface area contributed by atoms with E-state index in [1.807, 2.05) is 5.57 Å². The van der Waals surface area contributed by atoms with E-state index >= 15 is 0 Å². The fraction of sp³-hybridized carbons (Fsp3) is 0.756. The highest BCUT2D eigenvalue weighted by atomic mass is 32.1. The van der Waals surface area contributed by atoms with Crippen molar-refractivity contribution in [1.29, 1.82) is 0 Å². The number of benzene rings is 1. The summed E-state index contributed by atoms with van der Waals surface area (Å²) in [6, 6.07) is 6.78. The van der Waals surface area contributed by atoms with Crippen molar-refractivity contribution in [3.05, 3.63) is 47.6 Å². The summed E-state index contributed by atoms with van der Waals surface area (Å²) in [4.78, 5) is 1.11. The zero-order valence-electron chi connectivity index (χ0n) is 28.6. The fourth-order valence-corrected chi connectivity index (χ4v) is 11.7. The van der Waals surface area contributed by atoms with Crippen molar-refractivity contribution in [3.63, 3.8) is 0 Å². The van der Waals surface area contributed by atoms with Gasteiger partial charge in [-0.05, 0) is 151 Å². The van der Waals surface area contributed by atoms with E-state index in [0.29, 0.717) is 16.7 Å². The lowest BCUT2D eigenvalue weighted by Crippen LogP contribution is -2.50. The van der Waals surface area contributed by atoms with Gasteiger partial charge in [0.25, 0.3) is 0 Å². The molecule has 0 N–H and O–H groups in total. The Balaban J connectivity index is 1.24. The highest BCUT2D eigenvalue weighted by Crippen LogP contribution is 2.67. The van der Waals surface area contributed by atoms with E-state index in [1.54, 1.807) is 0 Å². The molecule has 1 heteroatoms. The molecule has 234 valence electrons. The van der Waals surface area contributed by atoms with Crippen molar-refractivity contribution in [1.82, 2.24) is 0 Å². The summed E-state index contributed by atoms with van der Waals surface area (Å²) in [5.74, 6) is 7.61. The smallest absolute Gasteiger partial charge is 0.00750 e. The molecular formula is C41H64S. The molecule has 1 aromatic carbocycles. The van der Waals surface area contributed by atoms with Crippen LogP contribution in [0.25, 0.3) is 5.57 Å². The SMILES string of the molecule is C=C(CC1CCC2(C)C(=CCC3C2CCC2(C)C(C(C)CCC(CC)C(C)C)CCC32)C1)c1ccc(S)c(C(C)C)c1. The summed E-state index contributed by atoms with van der Waals surface area (Å²) < 4.78 is 0. The van der Waals surface area contributed by atoms with Gasteiger partial charge < -0.3 is 0 Å². The average Bonchev–Trinajstić information content (AvgIpc) is 3.30. The first-order valence-electron chi connectivity index (χ1n) is 18.1. The van der Waals surface area contributed by atoms with E-state index in [4.69, 9.17) is 12.6 Å². The third-order valence-electron chi connectivity index (χ3n) is 14.0. The summed E-state index contributed by atoms with van der Waals surface area (Å²) in [6.07, 6.45) is 19.5. The van der Waals surface area contributed by atoms with Gasteiger partial charge in [0.1, 0.15) is 0 Å². The topological polar surface area (TPSA) is 0 Å². The van der Waals surface area contributed by atoms with E-state index in [1.165, 1.54) is 87.3 Å². The number of rotatable bonds is 10. The molecule has 3 fully saturated rings. The van der Waals surface area contributed by atoms with Gasteiger partial charge in [0.2, 0.25) is 0 Å². The van der Waals surface area contributed by atoms with Gasteiger partial charge in [0, 0.05) is 4.90 Å². The number of thiol groups is 1. The molecule has 1 aromatic rings. The number of allylic oxidation sites excluding steroid dienone is 3. The second-order valence-electron chi connectivity index (χ2n) is 16.8. The maximum atomic E-state index is 4.71. The molecule has 9 atom stereocenters. The van der Waals surface area contributed by atoms with E-state index in [2.05, 4.69) is 86.2 Å². The van der Waals surface area contributed by atoms with Gasteiger partial charge in [-0.15, -0.1) is 12.6 Å². The second-order valence-corrected chi connectivity index (χ2v) is 17.3. The van der Waals surface area contributed by atoms with E-state index < -0.39 is 0 Å². The van der Waals surface area contributed by atoms with Crippen LogP contribution in [0.4, 0.5) is 0 Å². The van der Waals surface area contributed by atoms with Crippen LogP contribution in [-0.2, 0) is 0 Å².